The van der Waals surface area contributed by atoms with Gasteiger partial charge in [-0.15, -0.1) is 0 Å². The molecule has 2 fully saturated rings. The average molecular weight is 403 g/mol. The number of morpholine rings is 1. The lowest BCUT2D eigenvalue weighted by molar-refractivity contribution is 0.0132. The van der Waals surface area contributed by atoms with E-state index in [0.29, 0.717) is 12.0 Å². The van der Waals surface area contributed by atoms with Crippen LogP contribution in [0, 0.1) is 5.92 Å². The van der Waals surface area contributed by atoms with E-state index in [1.54, 1.807) is 0 Å². The van der Waals surface area contributed by atoms with E-state index in [-0.39, 0.29) is 0 Å². The minimum absolute atomic E-state index is 0.499. The topological polar surface area (TPSA) is 65.0 Å². The second kappa shape index (κ2) is 11.4. The van der Waals surface area contributed by atoms with Gasteiger partial charge in [-0.1, -0.05) is 19.9 Å². The predicted octanol–water partition coefficient (Wildman–Crippen LogP) is 2.09. The molecule has 2 aliphatic heterocycles. The van der Waals surface area contributed by atoms with Gasteiger partial charge in [-0.05, 0) is 36.8 Å². The van der Waals surface area contributed by atoms with Crippen molar-refractivity contribution in [3.05, 3.63) is 23.9 Å². The van der Waals surface area contributed by atoms with Gasteiger partial charge < -0.3 is 20.3 Å². The molecule has 1 unspecified atom stereocenters. The Hall–Kier alpha value is -1.86. The van der Waals surface area contributed by atoms with Gasteiger partial charge >= 0.3 is 0 Å². The summed E-state index contributed by atoms with van der Waals surface area (Å²) >= 11 is 0. The van der Waals surface area contributed by atoms with Crippen molar-refractivity contribution >= 4 is 11.8 Å². The number of aliphatic imine (C=N–C) groups is 1. The number of anilines is 1. The second-order valence-electron chi connectivity index (χ2n) is 8.46. The Morgan fingerprint density at radius 2 is 1.90 bits per heavy atom. The molecule has 7 nitrogen and oxygen atoms in total. The van der Waals surface area contributed by atoms with Crippen LogP contribution in [-0.4, -0.2) is 74.9 Å². The second-order valence-corrected chi connectivity index (χ2v) is 8.46. The van der Waals surface area contributed by atoms with E-state index >= 15 is 0 Å². The van der Waals surface area contributed by atoms with Gasteiger partial charge in [-0.2, -0.15) is 0 Å². The maximum atomic E-state index is 5.52. The van der Waals surface area contributed by atoms with Crippen molar-refractivity contribution in [3.8, 4) is 0 Å². The molecule has 2 N–H and O–H groups in total. The van der Waals surface area contributed by atoms with E-state index < -0.39 is 0 Å². The van der Waals surface area contributed by atoms with Crippen LogP contribution in [0.25, 0.3) is 0 Å². The lowest BCUT2D eigenvalue weighted by atomic mass is 10.0. The van der Waals surface area contributed by atoms with Crippen LogP contribution in [0.1, 0.15) is 38.7 Å². The molecule has 0 bridgehead atoms. The van der Waals surface area contributed by atoms with Crippen molar-refractivity contribution in [1.82, 2.24) is 20.5 Å². The molecule has 0 aromatic carbocycles. The summed E-state index contributed by atoms with van der Waals surface area (Å²) in [7, 11) is 1.83. The average Bonchev–Trinajstić information content (AvgIpc) is 3.28. The number of nitrogens with one attached hydrogen (secondary N) is 2. The first-order valence-corrected chi connectivity index (χ1v) is 11.1. The smallest absolute Gasteiger partial charge is 0.191 e. The highest BCUT2D eigenvalue weighted by atomic mass is 16.5. The molecule has 1 aromatic rings. The molecule has 2 saturated heterocycles. The minimum Gasteiger partial charge on any atom is -0.379 e. The minimum atomic E-state index is 0.499. The lowest BCUT2D eigenvalue weighted by Gasteiger charge is -2.35. The molecule has 0 spiro atoms. The Bertz CT molecular complexity index is 621. The number of pyridine rings is 1. The summed E-state index contributed by atoms with van der Waals surface area (Å²) in [5, 5.41) is 6.95. The maximum absolute atomic E-state index is 5.52. The first-order chi connectivity index (χ1) is 14.2. The number of hydrogen-bond acceptors (Lipinski definition) is 5. The molecule has 1 atom stereocenters. The molecule has 1 aromatic heterocycles. The van der Waals surface area contributed by atoms with E-state index in [1.807, 2.05) is 13.2 Å². The summed E-state index contributed by atoms with van der Waals surface area (Å²) in [5.41, 5.74) is 1.17. The molecule has 7 heteroatoms. The van der Waals surface area contributed by atoms with Crippen LogP contribution >= 0.6 is 0 Å². The van der Waals surface area contributed by atoms with Crippen molar-refractivity contribution in [3.63, 3.8) is 0 Å². The van der Waals surface area contributed by atoms with E-state index in [4.69, 9.17) is 4.74 Å². The number of rotatable bonds is 8. The van der Waals surface area contributed by atoms with Gasteiger partial charge in [0, 0.05) is 58.6 Å². The van der Waals surface area contributed by atoms with Crippen LogP contribution < -0.4 is 15.5 Å². The van der Waals surface area contributed by atoms with Crippen molar-refractivity contribution in [2.45, 2.75) is 45.7 Å². The summed E-state index contributed by atoms with van der Waals surface area (Å²) in [5.74, 6) is 2.60. The van der Waals surface area contributed by atoms with Gasteiger partial charge in [0.25, 0.3) is 0 Å². The quantitative estimate of drug-likeness (QED) is 0.513. The number of ether oxygens (including phenoxy) is 1. The zero-order chi connectivity index (χ0) is 20.5. The fraction of sp³-hybridized carbons (Fsp3) is 0.727. The molecular weight excluding hydrogens is 364 g/mol. The van der Waals surface area contributed by atoms with Crippen molar-refractivity contribution in [2.24, 2.45) is 10.9 Å². The third kappa shape index (κ3) is 6.85. The Kier molecular flexibility index (Phi) is 8.55. The SMILES string of the molecule is CN=C(NCc1ccc(N2CCCC2)nc1)NCC(CC(C)C)N1CCOCC1. The predicted molar refractivity (Wildman–Crippen MR) is 120 cm³/mol. The number of aromatic nitrogens is 1. The van der Waals surface area contributed by atoms with E-state index in [9.17, 15) is 0 Å². The monoisotopic (exact) mass is 402 g/mol. The molecule has 2 aliphatic rings. The van der Waals surface area contributed by atoms with Crippen LogP contribution in [0.4, 0.5) is 5.82 Å². The lowest BCUT2D eigenvalue weighted by Crippen LogP contribution is -2.50. The summed E-state index contributed by atoms with van der Waals surface area (Å²) in [6, 6.07) is 4.80. The van der Waals surface area contributed by atoms with Gasteiger partial charge in [0.2, 0.25) is 0 Å². The largest absolute Gasteiger partial charge is 0.379 e. The zero-order valence-electron chi connectivity index (χ0n) is 18.4. The van der Waals surface area contributed by atoms with Gasteiger partial charge in [-0.3, -0.25) is 9.89 Å². The third-order valence-electron chi connectivity index (χ3n) is 5.73. The Morgan fingerprint density at radius 3 is 2.52 bits per heavy atom. The summed E-state index contributed by atoms with van der Waals surface area (Å²) in [6.45, 7) is 12.1. The van der Waals surface area contributed by atoms with Crippen molar-refractivity contribution < 1.29 is 4.74 Å². The Morgan fingerprint density at radius 1 is 1.14 bits per heavy atom. The number of guanidine groups is 1. The zero-order valence-corrected chi connectivity index (χ0v) is 18.4. The standard InChI is InChI=1S/C22H38N6O/c1-18(2)14-20(27-10-12-29-13-11-27)17-26-22(23-3)25-16-19-6-7-21(24-15-19)28-8-4-5-9-28/h6-7,15,18,20H,4-5,8-14,16-17H2,1-3H3,(H2,23,25,26). The van der Waals surface area contributed by atoms with Gasteiger partial charge in [-0.25, -0.2) is 4.98 Å². The van der Waals surface area contributed by atoms with Crippen LogP contribution in [0.15, 0.2) is 23.3 Å². The van der Waals surface area contributed by atoms with Gasteiger partial charge in [0.15, 0.2) is 5.96 Å². The summed E-state index contributed by atoms with van der Waals surface area (Å²) in [4.78, 5) is 13.9. The van der Waals surface area contributed by atoms with Crippen LogP contribution in [0.3, 0.4) is 0 Å². The molecule has 0 aliphatic carbocycles. The van der Waals surface area contributed by atoms with Crippen molar-refractivity contribution in [1.29, 1.82) is 0 Å². The van der Waals surface area contributed by atoms with Crippen LogP contribution in [0.5, 0.6) is 0 Å². The highest BCUT2D eigenvalue weighted by Gasteiger charge is 2.22. The fourth-order valence-corrected chi connectivity index (χ4v) is 4.12. The highest BCUT2D eigenvalue weighted by Crippen LogP contribution is 2.17. The molecular formula is C22H38N6O. The summed E-state index contributed by atoms with van der Waals surface area (Å²) in [6.07, 6.45) is 5.69. The maximum Gasteiger partial charge on any atom is 0.191 e. The van der Waals surface area contributed by atoms with Gasteiger partial charge in [0.1, 0.15) is 5.82 Å². The van der Waals surface area contributed by atoms with E-state index in [0.717, 1.165) is 64.3 Å². The molecule has 0 radical (unpaired) electrons. The third-order valence-corrected chi connectivity index (χ3v) is 5.73. The first-order valence-electron chi connectivity index (χ1n) is 11.1. The molecule has 29 heavy (non-hydrogen) atoms. The number of nitrogens with zero attached hydrogens (tertiary/aromatic N) is 4. The molecule has 0 amide bonds. The highest BCUT2D eigenvalue weighted by molar-refractivity contribution is 5.79. The number of hydrogen-bond donors (Lipinski definition) is 2. The van der Waals surface area contributed by atoms with Gasteiger partial charge in [0.05, 0.1) is 13.2 Å². The van der Waals surface area contributed by atoms with Crippen LogP contribution in [-0.2, 0) is 11.3 Å². The van der Waals surface area contributed by atoms with Crippen molar-refractivity contribution in [2.75, 3.05) is 57.9 Å². The van der Waals surface area contributed by atoms with E-state index in [1.165, 1.54) is 24.8 Å². The summed E-state index contributed by atoms with van der Waals surface area (Å²) < 4.78 is 5.52. The molecule has 0 saturated carbocycles. The molecule has 162 valence electrons. The Labute approximate surface area is 175 Å². The van der Waals surface area contributed by atoms with E-state index in [2.05, 4.69) is 56.4 Å². The molecule has 3 rings (SSSR count). The Balaban J connectivity index is 1.47. The molecule has 3 heterocycles. The fourth-order valence-electron chi connectivity index (χ4n) is 4.12. The first kappa shape index (κ1) is 21.8. The normalized spacial score (nSPS) is 19.6. The van der Waals surface area contributed by atoms with Crippen LogP contribution in [0.2, 0.25) is 0 Å².